The van der Waals surface area contributed by atoms with Crippen LogP contribution in [-0.2, 0) is 20.4 Å². The number of nitriles is 1. The van der Waals surface area contributed by atoms with Gasteiger partial charge >= 0.3 is 0 Å². The second-order valence-electron chi connectivity index (χ2n) is 6.83. The average molecular weight is 436 g/mol. The van der Waals surface area contributed by atoms with Gasteiger partial charge in [-0.1, -0.05) is 54.6 Å². The topological polar surface area (TPSA) is 129 Å². The van der Waals surface area contributed by atoms with Crippen LogP contribution in [0, 0.1) is 11.3 Å². The van der Waals surface area contributed by atoms with Crippen molar-refractivity contribution in [3.8, 4) is 6.07 Å². The first kappa shape index (κ1) is 21.9. The Morgan fingerprint density at radius 1 is 1.00 bits per heavy atom. The van der Waals surface area contributed by atoms with Crippen LogP contribution in [0.2, 0.25) is 0 Å². The lowest BCUT2D eigenvalue weighted by atomic mass is 10.2. The van der Waals surface area contributed by atoms with Crippen LogP contribution >= 0.6 is 0 Å². The second-order valence-corrected chi connectivity index (χ2v) is 8.94. The predicted molar refractivity (Wildman–Crippen MR) is 116 cm³/mol. The number of aromatic nitrogens is 1. The van der Waals surface area contributed by atoms with Crippen molar-refractivity contribution in [3.05, 3.63) is 78.0 Å². The Morgan fingerprint density at radius 3 is 2.45 bits per heavy atom. The summed E-state index contributed by atoms with van der Waals surface area (Å²) in [4.78, 5) is 29.4. The summed E-state index contributed by atoms with van der Waals surface area (Å²) in [5.74, 6) is -2.33. The Bertz CT molecular complexity index is 1240. The number of carbonyl (C=O) groups is 2. The molecule has 0 bridgehead atoms. The van der Waals surface area contributed by atoms with Crippen molar-refractivity contribution in [2.45, 2.75) is 11.8 Å². The van der Waals surface area contributed by atoms with E-state index >= 15 is 0 Å². The number of carbonyl (C=O) groups excluding carboxylic acids is 2. The molecule has 3 rings (SSSR count). The SMILES string of the molecule is N#CCNC(=O)[C@H](CS(=O)(=O)Cc1ccccc1)NC(=O)c1ccc2ccccc2n1. The Morgan fingerprint density at radius 2 is 1.71 bits per heavy atom. The quantitative estimate of drug-likeness (QED) is 0.516. The minimum atomic E-state index is -3.75. The third kappa shape index (κ3) is 6.10. The fraction of sp³-hybridized carbons (Fsp3) is 0.182. The van der Waals surface area contributed by atoms with Gasteiger partial charge in [0.05, 0.1) is 23.1 Å². The monoisotopic (exact) mass is 436 g/mol. The van der Waals surface area contributed by atoms with Gasteiger partial charge < -0.3 is 10.6 Å². The molecule has 1 atom stereocenters. The fourth-order valence-corrected chi connectivity index (χ4v) is 4.56. The van der Waals surface area contributed by atoms with Gasteiger partial charge in [-0.15, -0.1) is 0 Å². The molecule has 2 aromatic carbocycles. The number of para-hydroxylation sites is 1. The highest BCUT2D eigenvalue weighted by atomic mass is 32.2. The van der Waals surface area contributed by atoms with Gasteiger partial charge in [-0.2, -0.15) is 5.26 Å². The summed E-state index contributed by atoms with van der Waals surface area (Å²) in [5.41, 5.74) is 1.22. The Hall–Kier alpha value is -3.77. The van der Waals surface area contributed by atoms with E-state index in [0.29, 0.717) is 11.1 Å². The van der Waals surface area contributed by atoms with Crippen LogP contribution < -0.4 is 10.6 Å². The normalized spacial score (nSPS) is 12.0. The summed E-state index contributed by atoms with van der Waals surface area (Å²) in [6.07, 6.45) is 0. The largest absolute Gasteiger partial charge is 0.341 e. The van der Waals surface area contributed by atoms with Gasteiger partial charge in [-0.05, 0) is 17.7 Å². The number of fused-ring (bicyclic) bond motifs is 1. The van der Waals surface area contributed by atoms with Crippen LogP contribution in [0.1, 0.15) is 16.1 Å². The van der Waals surface area contributed by atoms with Crippen LogP contribution in [0.25, 0.3) is 10.9 Å². The van der Waals surface area contributed by atoms with Crippen LogP contribution in [0.4, 0.5) is 0 Å². The van der Waals surface area contributed by atoms with E-state index in [2.05, 4.69) is 15.6 Å². The summed E-state index contributed by atoms with van der Waals surface area (Å²) in [6, 6.07) is 19.4. The Balaban J connectivity index is 1.79. The highest BCUT2D eigenvalue weighted by molar-refractivity contribution is 7.90. The highest BCUT2D eigenvalue weighted by Crippen LogP contribution is 2.12. The van der Waals surface area contributed by atoms with Gasteiger partial charge in [-0.25, -0.2) is 13.4 Å². The molecule has 1 aromatic heterocycles. The van der Waals surface area contributed by atoms with Gasteiger partial charge in [-0.3, -0.25) is 9.59 Å². The number of benzene rings is 2. The average Bonchev–Trinajstić information content (AvgIpc) is 2.76. The van der Waals surface area contributed by atoms with E-state index < -0.39 is 33.4 Å². The molecule has 9 heteroatoms. The molecule has 0 spiro atoms. The number of pyridine rings is 1. The first-order valence-electron chi connectivity index (χ1n) is 9.43. The molecular formula is C22H20N4O4S. The van der Waals surface area contributed by atoms with Crippen LogP contribution in [0.15, 0.2) is 66.7 Å². The van der Waals surface area contributed by atoms with Gasteiger partial charge in [0.2, 0.25) is 5.91 Å². The summed E-state index contributed by atoms with van der Waals surface area (Å²) < 4.78 is 25.3. The molecule has 158 valence electrons. The lowest BCUT2D eigenvalue weighted by Crippen LogP contribution is -2.50. The molecule has 0 aliphatic rings. The second kappa shape index (κ2) is 9.82. The van der Waals surface area contributed by atoms with Gasteiger partial charge in [0.1, 0.15) is 18.3 Å². The zero-order valence-electron chi connectivity index (χ0n) is 16.5. The number of hydrogen-bond acceptors (Lipinski definition) is 6. The van der Waals surface area contributed by atoms with E-state index in [1.807, 2.05) is 12.1 Å². The summed E-state index contributed by atoms with van der Waals surface area (Å²) in [7, 11) is -3.75. The number of nitrogens with one attached hydrogen (secondary N) is 2. The van der Waals surface area contributed by atoms with Gasteiger partial charge in [0.15, 0.2) is 9.84 Å². The standard InChI is InChI=1S/C22H20N4O4S/c23-12-13-24-21(27)20(15-31(29,30)14-16-6-2-1-3-7-16)26-22(28)19-11-10-17-8-4-5-9-18(17)25-19/h1-11,20H,13-15H2,(H,24,27)(H,26,28)/t20-/m0/s1. The van der Waals surface area contributed by atoms with Crippen molar-refractivity contribution in [1.82, 2.24) is 15.6 Å². The molecule has 8 nitrogen and oxygen atoms in total. The molecule has 0 saturated carbocycles. The maximum absolute atomic E-state index is 12.7. The summed E-state index contributed by atoms with van der Waals surface area (Å²) in [5, 5.41) is 14.3. The van der Waals surface area contributed by atoms with Crippen molar-refractivity contribution in [2.75, 3.05) is 12.3 Å². The predicted octanol–water partition coefficient (Wildman–Crippen LogP) is 1.59. The molecule has 0 saturated heterocycles. The van der Waals surface area contributed by atoms with Crippen molar-refractivity contribution < 1.29 is 18.0 Å². The first-order chi connectivity index (χ1) is 14.9. The summed E-state index contributed by atoms with van der Waals surface area (Å²) >= 11 is 0. The minimum absolute atomic E-state index is 0.0530. The number of nitrogens with zero attached hydrogens (tertiary/aromatic N) is 2. The fourth-order valence-electron chi connectivity index (χ4n) is 3.00. The minimum Gasteiger partial charge on any atom is -0.341 e. The van der Waals surface area contributed by atoms with Crippen molar-refractivity contribution in [1.29, 1.82) is 5.26 Å². The molecule has 1 heterocycles. The van der Waals surface area contributed by atoms with Crippen molar-refractivity contribution in [3.63, 3.8) is 0 Å². The van der Waals surface area contributed by atoms with Crippen molar-refractivity contribution in [2.24, 2.45) is 0 Å². The molecular weight excluding hydrogens is 416 g/mol. The number of hydrogen-bond donors (Lipinski definition) is 2. The van der Waals surface area contributed by atoms with E-state index in [-0.39, 0.29) is 18.0 Å². The zero-order chi connectivity index (χ0) is 22.3. The molecule has 31 heavy (non-hydrogen) atoms. The molecule has 0 aliphatic heterocycles. The van der Waals surface area contributed by atoms with E-state index in [0.717, 1.165) is 5.39 Å². The third-order valence-electron chi connectivity index (χ3n) is 4.44. The molecule has 0 unspecified atom stereocenters. The van der Waals surface area contributed by atoms with Crippen LogP contribution in [0.3, 0.4) is 0 Å². The molecule has 2 amide bonds. The molecule has 2 N–H and O–H groups in total. The third-order valence-corrected chi connectivity index (χ3v) is 6.06. The molecule has 0 radical (unpaired) electrons. The van der Waals surface area contributed by atoms with E-state index in [1.54, 1.807) is 54.6 Å². The Kier molecular flexibility index (Phi) is 6.95. The molecule has 0 fully saturated rings. The summed E-state index contributed by atoms with van der Waals surface area (Å²) in [6.45, 7) is -0.307. The maximum Gasteiger partial charge on any atom is 0.270 e. The van der Waals surface area contributed by atoms with E-state index in [4.69, 9.17) is 5.26 Å². The van der Waals surface area contributed by atoms with Gasteiger partial charge in [0.25, 0.3) is 5.91 Å². The number of amides is 2. The first-order valence-corrected chi connectivity index (χ1v) is 11.3. The number of sulfone groups is 1. The Labute approximate surface area is 179 Å². The zero-order valence-corrected chi connectivity index (χ0v) is 17.3. The van der Waals surface area contributed by atoms with E-state index in [1.165, 1.54) is 6.07 Å². The molecule has 3 aromatic rings. The van der Waals surface area contributed by atoms with Gasteiger partial charge in [0, 0.05) is 5.39 Å². The lowest BCUT2D eigenvalue weighted by molar-refractivity contribution is -0.122. The number of rotatable bonds is 8. The van der Waals surface area contributed by atoms with E-state index in [9.17, 15) is 18.0 Å². The lowest BCUT2D eigenvalue weighted by Gasteiger charge is -2.18. The maximum atomic E-state index is 12.7. The van der Waals surface area contributed by atoms with Crippen LogP contribution in [-0.4, -0.2) is 43.6 Å². The van der Waals surface area contributed by atoms with Crippen LogP contribution in [0.5, 0.6) is 0 Å². The highest BCUT2D eigenvalue weighted by Gasteiger charge is 2.28. The smallest absolute Gasteiger partial charge is 0.270 e. The van der Waals surface area contributed by atoms with Crippen molar-refractivity contribution >= 4 is 32.6 Å². The molecule has 0 aliphatic carbocycles.